The van der Waals surface area contributed by atoms with E-state index in [4.69, 9.17) is 18.9 Å². The van der Waals surface area contributed by atoms with Crippen molar-refractivity contribution in [3.63, 3.8) is 0 Å². The molecule has 0 saturated carbocycles. The molecule has 1 aromatic rings. The SMILES string of the molecule is CC(=O)OCC(COC(C)=O)c1cccc(C2OCCO2)c1. The average molecular weight is 308 g/mol. The Balaban J connectivity index is 2.11. The number of ether oxygens (including phenoxy) is 4. The van der Waals surface area contributed by atoms with Crippen LogP contribution in [0.15, 0.2) is 24.3 Å². The molecule has 0 aromatic heterocycles. The highest BCUT2D eigenvalue weighted by atomic mass is 16.7. The zero-order valence-corrected chi connectivity index (χ0v) is 12.7. The lowest BCUT2D eigenvalue weighted by Gasteiger charge is -2.18. The van der Waals surface area contributed by atoms with Crippen LogP contribution in [0.1, 0.15) is 37.2 Å². The first kappa shape index (κ1) is 16.5. The Bertz CT molecular complexity index is 503. The number of esters is 2. The first-order valence-electron chi connectivity index (χ1n) is 7.16. The minimum atomic E-state index is -0.372. The summed E-state index contributed by atoms with van der Waals surface area (Å²) in [6.07, 6.45) is -0.372. The van der Waals surface area contributed by atoms with E-state index in [1.54, 1.807) is 0 Å². The fourth-order valence-electron chi connectivity index (χ4n) is 2.19. The van der Waals surface area contributed by atoms with Gasteiger partial charge in [0.15, 0.2) is 6.29 Å². The summed E-state index contributed by atoms with van der Waals surface area (Å²) in [4.78, 5) is 22.0. The number of carbonyl (C=O) groups is 2. The van der Waals surface area contributed by atoms with Gasteiger partial charge in [0.05, 0.1) is 19.1 Å². The summed E-state index contributed by atoms with van der Waals surface area (Å²) in [7, 11) is 0. The van der Waals surface area contributed by atoms with E-state index in [-0.39, 0.29) is 37.4 Å². The second-order valence-corrected chi connectivity index (χ2v) is 5.05. The maximum Gasteiger partial charge on any atom is 0.302 e. The van der Waals surface area contributed by atoms with Gasteiger partial charge in [-0.1, -0.05) is 24.3 Å². The number of rotatable bonds is 6. The van der Waals surface area contributed by atoms with Crippen LogP contribution in [0.2, 0.25) is 0 Å². The predicted molar refractivity (Wildman–Crippen MR) is 77.1 cm³/mol. The lowest BCUT2D eigenvalue weighted by atomic mass is 9.98. The molecule has 120 valence electrons. The summed E-state index contributed by atoms with van der Waals surface area (Å²) in [6.45, 7) is 4.13. The van der Waals surface area contributed by atoms with Crippen molar-refractivity contribution in [1.82, 2.24) is 0 Å². The summed E-state index contributed by atoms with van der Waals surface area (Å²) < 4.78 is 21.1. The molecule has 1 aromatic carbocycles. The summed E-state index contributed by atoms with van der Waals surface area (Å²) in [5, 5.41) is 0. The maximum absolute atomic E-state index is 11.0. The van der Waals surface area contributed by atoms with Crippen molar-refractivity contribution in [2.75, 3.05) is 26.4 Å². The zero-order chi connectivity index (χ0) is 15.9. The van der Waals surface area contributed by atoms with E-state index in [9.17, 15) is 9.59 Å². The van der Waals surface area contributed by atoms with E-state index in [1.807, 2.05) is 24.3 Å². The van der Waals surface area contributed by atoms with Crippen molar-refractivity contribution in [2.45, 2.75) is 26.1 Å². The Kier molecular flexibility index (Phi) is 5.91. The van der Waals surface area contributed by atoms with Crippen LogP contribution in [0.5, 0.6) is 0 Å². The molecule has 0 spiro atoms. The lowest BCUT2D eigenvalue weighted by molar-refractivity contribution is -0.144. The summed E-state index contributed by atoms with van der Waals surface area (Å²) in [6, 6.07) is 7.61. The Labute approximate surface area is 129 Å². The molecule has 0 unspecified atom stereocenters. The fraction of sp³-hybridized carbons (Fsp3) is 0.500. The van der Waals surface area contributed by atoms with Crippen LogP contribution in [0, 0.1) is 0 Å². The molecule has 6 heteroatoms. The molecular formula is C16H20O6. The maximum atomic E-state index is 11.0. The van der Waals surface area contributed by atoms with E-state index >= 15 is 0 Å². The number of benzene rings is 1. The van der Waals surface area contributed by atoms with Crippen LogP contribution in [-0.2, 0) is 28.5 Å². The third-order valence-electron chi connectivity index (χ3n) is 3.25. The molecule has 0 N–H and O–H groups in total. The van der Waals surface area contributed by atoms with Crippen molar-refractivity contribution in [2.24, 2.45) is 0 Å². The zero-order valence-electron chi connectivity index (χ0n) is 12.7. The highest BCUT2D eigenvalue weighted by Crippen LogP contribution is 2.26. The van der Waals surface area contributed by atoms with E-state index < -0.39 is 0 Å². The summed E-state index contributed by atoms with van der Waals surface area (Å²) >= 11 is 0. The molecule has 6 nitrogen and oxygen atoms in total. The second-order valence-electron chi connectivity index (χ2n) is 5.05. The Morgan fingerprint density at radius 1 is 1.14 bits per heavy atom. The van der Waals surface area contributed by atoms with Gasteiger partial charge in [-0.25, -0.2) is 0 Å². The largest absolute Gasteiger partial charge is 0.465 e. The van der Waals surface area contributed by atoms with E-state index in [2.05, 4.69) is 0 Å². The molecule has 0 bridgehead atoms. The van der Waals surface area contributed by atoms with Crippen molar-refractivity contribution in [3.05, 3.63) is 35.4 Å². The van der Waals surface area contributed by atoms with Gasteiger partial charge in [0.1, 0.15) is 13.2 Å². The van der Waals surface area contributed by atoms with Crippen molar-refractivity contribution >= 4 is 11.9 Å². The minimum absolute atomic E-state index is 0.151. The first-order valence-corrected chi connectivity index (χ1v) is 7.16. The second kappa shape index (κ2) is 7.91. The summed E-state index contributed by atoms with van der Waals surface area (Å²) in [5.74, 6) is -0.966. The van der Waals surface area contributed by atoms with Crippen molar-refractivity contribution in [1.29, 1.82) is 0 Å². The molecule has 0 atom stereocenters. The third kappa shape index (κ3) is 4.82. The number of hydrogen-bond donors (Lipinski definition) is 0. The van der Waals surface area contributed by atoms with Gasteiger partial charge in [-0.3, -0.25) is 9.59 Å². The van der Waals surface area contributed by atoms with Crippen LogP contribution in [0.25, 0.3) is 0 Å². The molecule has 2 rings (SSSR count). The van der Waals surface area contributed by atoms with Crippen LogP contribution in [0.3, 0.4) is 0 Å². The van der Waals surface area contributed by atoms with E-state index in [0.29, 0.717) is 13.2 Å². The van der Waals surface area contributed by atoms with Crippen molar-refractivity contribution < 1.29 is 28.5 Å². The van der Waals surface area contributed by atoms with Crippen LogP contribution < -0.4 is 0 Å². The van der Waals surface area contributed by atoms with Gasteiger partial charge in [-0.15, -0.1) is 0 Å². The predicted octanol–water partition coefficient (Wildman–Crippen LogP) is 1.94. The molecule has 0 amide bonds. The molecule has 1 heterocycles. The van der Waals surface area contributed by atoms with E-state index in [0.717, 1.165) is 11.1 Å². The monoisotopic (exact) mass is 308 g/mol. The number of hydrogen-bond acceptors (Lipinski definition) is 6. The molecule has 0 aliphatic carbocycles. The van der Waals surface area contributed by atoms with Gasteiger partial charge in [0.25, 0.3) is 0 Å². The minimum Gasteiger partial charge on any atom is -0.465 e. The van der Waals surface area contributed by atoms with Gasteiger partial charge in [0.2, 0.25) is 0 Å². The molecule has 0 radical (unpaired) electrons. The quantitative estimate of drug-likeness (QED) is 0.748. The van der Waals surface area contributed by atoms with Crippen LogP contribution in [-0.4, -0.2) is 38.4 Å². The Morgan fingerprint density at radius 2 is 1.73 bits per heavy atom. The standard InChI is InChI=1S/C16H20O6/c1-11(17)21-9-15(10-22-12(2)18)13-4-3-5-14(8-13)16-19-6-7-20-16/h3-5,8,15-16H,6-7,9-10H2,1-2H3. The molecule has 1 aliphatic heterocycles. The van der Waals surface area contributed by atoms with Gasteiger partial charge < -0.3 is 18.9 Å². The van der Waals surface area contributed by atoms with Gasteiger partial charge in [-0.2, -0.15) is 0 Å². The smallest absolute Gasteiger partial charge is 0.302 e. The molecular weight excluding hydrogens is 288 g/mol. The van der Waals surface area contributed by atoms with Crippen LogP contribution >= 0.6 is 0 Å². The van der Waals surface area contributed by atoms with Crippen LogP contribution in [0.4, 0.5) is 0 Å². The van der Waals surface area contributed by atoms with Gasteiger partial charge in [0, 0.05) is 19.4 Å². The normalized spacial score (nSPS) is 15.0. The summed E-state index contributed by atoms with van der Waals surface area (Å²) in [5.41, 5.74) is 1.80. The highest BCUT2D eigenvalue weighted by molar-refractivity contribution is 5.66. The average Bonchev–Trinajstić information content (AvgIpc) is 3.01. The molecule has 1 aliphatic rings. The molecule has 1 fully saturated rings. The van der Waals surface area contributed by atoms with E-state index in [1.165, 1.54) is 13.8 Å². The fourth-order valence-corrected chi connectivity index (χ4v) is 2.19. The topological polar surface area (TPSA) is 71.1 Å². The lowest BCUT2D eigenvalue weighted by Crippen LogP contribution is -2.18. The van der Waals surface area contributed by atoms with Gasteiger partial charge in [-0.05, 0) is 5.56 Å². The third-order valence-corrected chi connectivity index (χ3v) is 3.25. The first-order chi connectivity index (χ1) is 10.6. The van der Waals surface area contributed by atoms with Crippen molar-refractivity contribution in [3.8, 4) is 0 Å². The highest BCUT2D eigenvalue weighted by Gasteiger charge is 2.21. The number of carbonyl (C=O) groups excluding carboxylic acids is 2. The molecule has 22 heavy (non-hydrogen) atoms. The van der Waals surface area contributed by atoms with Gasteiger partial charge >= 0.3 is 11.9 Å². The molecule has 1 saturated heterocycles. The Morgan fingerprint density at radius 3 is 2.27 bits per heavy atom. The Hall–Kier alpha value is -1.92.